The fourth-order valence-electron chi connectivity index (χ4n) is 4.17. The van der Waals surface area contributed by atoms with Crippen LogP contribution in [0.25, 0.3) is 15.9 Å². The lowest BCUT2D eigenvalue weighted by molar-refractivity contribution is -0.132. The third kappa shape index (κ3) is 3.37. The van der Waals surface area contributed by atoms with E-state index in [-0.39, 0.29) is 17.4 Å². The number of thioether (sulfide) groups is 1. The summed E-state index contributed by atoms with van der Waals surface area (Å²) >= 11 is 2.87. The van der Waals surface area contributed by atoms with Crippen molar-refractivity contribution in [2.45, 2.75) is 49.4 Å². The lowest BCUT2D eigenvalue weighted by Crippen LogP contribution is -2.42. The molecule has 6 nitrogen and oxygen atoms in total. The summed E-state index contributed by atoms with van der Waals surface area (Å²) in [7, 11) is 0. The topological polar surface area (TPSA) is 81.1 Å². The normalized spacial score (nSPS) is 21.5. The van der Waals surface area contributed by atoms with Crippen LogP contribution in [0.4, 0.5) is 0 Å². The van der Waals surface area contributed by atoms with E-state index in [1.54, 1.807) is 15.9 Å². The number of benzene rings is 1. The molecule has 3 aromatic rings. The molecule has 2 aromatic heterocycles. The molecule has 0 saturated carbocycles. The maximum absolute atomic E-state index is 13.7. The minimum atomic E-state index is -0.448. The van der Waals surface area contributed by atoms with Crippen molar-refractivity contribution >= 4 is 45.1 Å². The average molecular weight is 440 g/mol. The van der Waals surface area contributed by atoms with Gasteiger partial charge in [-0.05, 0) is 49.3 Å². The van der Waals surface area contributed by atoms with Crippen LogP contribution in [-0.4, -0.2) is 26.6 Å². The highest BCUT2D eigenvalue weighted by Crippen LogP contribution is 2.37. The Kier molecular flexibility index (Phi) is 4.99. The van der Waals surface area contributed by atoms with Crippen molar-refractivity contribution in [1.82, 2.24) is 14.9 Å². The summed E-state index contributed by atoms with van der Waals surface area (Å²) in [4.78, 5) is 44.4. The Morgan fingerprint density at radius 1 is 1.13 bits per heavy atom. The Bertz CT molecular complexity index is 1220. The number of nitrogens with zero attached hydrogens (tertiary/aromatic N) is 2. The molecule has 2 aliphatic rings. The number of fused-ring (bicyclic) bond motifs is 3. The van der Waals surface area contributed by atoms with Crippen molar-refractivity contribution in [3.63, 3.8) is 0 Å². The van der Waals surface area contributed by atoms with E-state index in [9.17, 15) is 14.4 Å². The molecule has 30 heavy (non-hydrogen) atoms. The molecular formula is C22H21N3O3S2. The number of imide groups is 1. The highest BCUT2D eigenvalue weighted by molar-refractivity contribution is 8.00. The molecule has 1 aliphatic heterocycles. The summed E-state index contributed by atoms with van der Waals surface area (Å²) in [5.41, 5.74) is 1.80. The van der Waals surface area contributed by atoms with E-state index in [0.29, 0.717) is 23.9 Å². The van der Waals surface area contributed by atoms with Gasteiger partial charge in [-0.1, -0.05) is 36.9 Å². The zero-order chi connectivity index (χ0) is 20.8. The Hall–Kier alpha value is -2.45. The zero-order valence-corrected chi connectivity index (χ0v) is 18.1. The number of hydrogen-bond donors (Lipinski definition) is 1. The fraction of sp³-hybridized carbons (Fsp3) is 0.364. The number of nitrogens with one attached hydrogen (secondary N) is 1. The van der Waals surface area contributed by atoms with E-state index < -0.39 is 5.25 Å². The van der Waals surface area contributed by atoms with E-state index >= 15 is 0 Å². The van der Waals surface area contributed by atoms with Crippen LogP contribution in [0, 0.1) is 5.92 Å². The summed E-state index contributed by atoms with van der Waals surface area (Å²) in [5, 5.41) is 3.17. The predicted molar refractivity (Wildman–Crippen MR) is 118 cm³/mol. The number of hydrogen-bond acceptors (Lipinski definition) is 6. The molecule has 1 saturated heterocycles. The van der Waals surface area contributed by atoms with Crippen LogP contribution in [0.15, 0.2) is 40.3 Å². The van der Waals surface area contributed by atoms with Gasteiger partial charge in [0.25, 0.3) is 5.56 Å². The predicted octanol–water partition coefficient (Wildman–Crippen LogP) is 3.47. The summed E-state index contributed by atoms with van der Waals surface area (Å²) in [6.45, 7) is 2.24. The van der Waals surface area contributed by atoms with Crippen LogP contribution in [-0.2, 0) is 22.4 Å². The van der Waals surface area contributed by atoms with Crippen LogP contribution < -0.4 is 10.9 Å². The molecule has 5 rings (SSSR count). The van der Waals surface area contributed by atoms with Gasteiger partial charge in [0, 0.05) is 11.3 Å². The van der Waals surface area contributed by atoms with E-state index in [4.69, 9.17) is 4.98 Å². The smallest absolute Gasteiger partial charge is 0.267 e. The first-order valence-electron chi connectivity index (χ1n) is 10.1. The second kappa shape index (κ2) is 7.67. The minimum Gasteiger partial charge on any atom is -0.295 e. The Balaban J connectivity index is 1.68. The summed E-state index contributed by atoms with van der Waals surface area (Å²) < 4.78 is 1.63. The fourth-order valence-corrected chi connectivity index (χ4v) is 6.69. The maximum atomic E-state index is 13.7. The summed E-state index contributed by atoms with van der Waals surface area (Å²) in [5.74, 6) is 0.0458. The van der Waals surface area contributed by atoms with Gasteiger partial charge >= 0.3 is 0 Å². The molecule has 3 heterocycles. The van der Waals surface area contributed by atoms with Crippen LogP contribution >= 0.6 is 23.1 Å². The summed E-state index contributed by atoms with van der Waals surface area (Å²) in [6, 6.07) is 9.43. The molecule has 2 atom stereocenters. The van der Waals surface area contributed by atoms with Gasteiger partial charge in [0.2, 0.25) is 11.8 Å². The van der Waals surface area contributed by atoms with Gasteiger partial charge in [-0.2, -0.15) is 0 Å². The molecule has 8 heteroatoms. The molecule has 0 spiro atoms. The monoisotopic (exact) mass is 439 g/mol. The van der Waals surface area contributed by atoms with Gasteiger partial charge in [0.05, 0.1) is 16.3 Å². The first-order chi connectivity index (χ1) is 14.5. The maximum Gasteiger partial charge on any atom is 0.267 e. The zero-order valence-electron chi connectivity index (χ0n) is 16.5. The largest absolute Gasteiger partial charge is 0.295 e. The Labute approximate surface area is 181 Å². The number of aryl methyl sites for hydroxylation is 1. The highest BCUT2D eigenvalue weighted by atomic mass is 32.2. The molecule has 2 amide bonds. The quantitative estimate of drug-likeness (QED) is 0.499. The van der Waals surface area contributed by atoms with Gasteiger partial charge in [-0.3, -0.25) is 24.3 Å². The number of thiophene rings is 1. The van der Waals surface area contributed by atoms with Crippen molar-refractivity contribution in [2.24, 2.45) is 5.92 Å². The van der Waals surface area contributed by atoms with E-state index in [0.717, 1.165) is 40.7 Å². The van der Waals surface area contributed by atoms with Crippen molar-refractivity contribution in [3.05, 3.63) is 51.1 Å². The number of carbonyl (C=O) groups is 2. The van der Waals surface area contributed by atoms with Gasteiger partial charge in [-0.15, -0.1) is 11.3 Å². The first kappa shape index (κ1) is 19.5. The molecular weight excluding hydrogens is 418 g/mol. The Morgan fingerprint density at radius 2 is 1.93 bits per heavy atom. The SMILES string of the molecule is C[C@@H]1CCc2c(sc3nc(S[C@@H]4CCC(=O)NC4=O)n(-c4ccccc4)c(=O)c23)C1. The number of piperidine rings is 1. The van der Waals surface area contributed by atoms with Crippen LogP contribution in [0.1, 0.15) is 36.6 Å². The van der Waals surface area contributed by atoms with E-state index in [1.807, 2.05) is 30.3 Å². The molecule has 1 aliphatic carbocycles. The third-order valence-corrected chi connectivity index (χ3v) is 8.12. The minimum absolute atomic E-state index is 0.0759. The number of carbonyl (C=O) groups excluding carboxylic acids is 2. The standard InChI is InChI=1S/C22H21N3O3S2/c1-12-7-8-14-16(11-12)29-20-18(14)21(28)25(13-5-3-2-4-6-13)22(24-20)30-15-9-10-17(26)23-19(15)27/h2-6,12,15H,7-11H2,1H3,(H,23,26,27)/t12-,15-/m1/s1. The lowest BCUT2D eigenvalue weighted by Gasteiger charge is -2.21. The van der Waals surface area contributed by atoms with E-state index in [1.165, 1.54) is 16.6 Å². The highest BCUT2D eigenvalue weighted by Gasteiger charge is 2.31. The van der Waals surface area contributed by atoms with Crippen molar-refractivity contribution < 1.29 is 9.59 Å². The Morgan fingerprint density at radius 3 is 2.70 bits per heavy atom. The second-order valence-corrected chi connectivity index (χ2v) is 10.2. The molecule has 1 N–H and O–H groups in total. The van der Waals surface area contributed by atoms with Gasteiger partial charge in [0.15, 0.2) is 5.16 Å². The number of para-hydroxylation sites is 1. The number of aromatic nitrogens is 2. The van der Waals surface area contributed by atoms with Crippen LogP contribution in [0.2, 0.25) is 0 Å². The van der Waals surface area contributed by atoms with Gasteiger partial charge in [-0.25, -0.2) is 4.98 Å². The summed E-state index contributed by atoms with van der Waals surface area (Å²) in [6.07, 6.45) is 3.71. The molecule has 0 bridgehead atoms. The molecule has 0 radical (unpaired) electrons. The molecule has 1 fully saturated rings. The van der Waals surface area contributed by atoms with Gasteiger partial charge in [0.1, 0.15) is 4.83 Å². The lowest BCUT2D eigenvalue weighted by atomic mass is 9.89. The van der Waals surface area contributed by atoms with Crippen molar-refractivity contribution in [1.29, 1.82) is 0 Å². The van der Waals surface area contributed by atoms with Crippen molar-refractivity contribution in [2.75, 3.05) is 0 Å². The van der Waals surface area contributed by atoms with Crippen molar-refractivity contribution in [3.8, 4) is 5.69 Å². The number of amides is 2. The molecule has 0 unspecified atom stereocenters. The number of rotatable bonds is 3. The second-order valence-electron chi connectivity index (χ2n) is 7.96. The molecule has 1 aromatic carbocycles. The van der Waals surface area contributed by atoms with Crippen LogP contribution in [0.5, 0.6) is 0 Å². The third-order valence-electron chi connectivity index (χ3n) is 5.75. The van der Waals surface area contributed by atoms with Crippen LogP contribution in [0.3, 0.4) is 0 Å². The first-order valence-corrected chi connectivity index (χ1v) is 11.8. The van der Waals surface area contributed by atoms with E-state index in [2.05, 4.69) is 12.2 Å². The van der Waals surface area contributed by atoms with Gasteiger partial charge < -0.3 is 0 Å². The molecule has 154 valence electrons. The average Bonchev–Trinajstić information content (AvgIpc) is 3.08.